The number of alkyl halides is 1. The van der Waals surface area contributed by atoms with Crippen LogP contribution in [0, 0.1) is 17.8 Å². The van der Waals surface area contributed by atoms with Crippen molar-refractivity contribution in [3.05, 3.63) is 36.3 Å². The van der Waals surface area contributed by atoms with E-state index in [9.17, 15) is 14.0 Å². The zero-order chi connectivity index (χ0) is 22.5. The van der Waals surface area contributed by atoms with Gasteiger partial charge in [0.2, 0.25) is 5.91 Å². The molecule has 2 aromatic heterocycles. The van der Waals surface area contributed by atoms with Gasteiger partial charge in [0.1, 0.15) is 11.8 Å². The van der Waals surface area contributed by atoms with E-state index < -0.39 is 12.1 Å². The number of aromatic nitrogens is 2. The van der Waals surface area contributed by atoms with Crippen LogP contribution in [0.3, 0.4) is 0 Å². The number of rotatable bonds is 7. The summed E-state index contributed by atoms with van der Waals surface area (Å²) in [5.74, 6) is 0.178. The summed E-state index contributed by atoms with van der Waals surface area (Å²) in [6.45, 7) is 4.11. The van der Waals surface area contributed by atoms with Crippen molar-refractivity contribution < 1.29 is 14.0 Å². The van der Waals surface area contributed by atoms with E-state index in [4.69, 9.17) is 0 Å². The minimum absolute atomic E-state index is 0.00419. The van der Waals surface area contributed by atoms with E-state index in [1.165, 1.54) is 0 Å². The van der Waals surface area contributed by atoms with Crippen LogP contribution in [0.2, 0.25) is 0 Å². The Morgan fingerprint density at radius 1 is 1.16 bits per heavy atom. The molecule has 1 N–H and O–H groups in total. The van der Waals surface area contributed by atoms with Crippen molar-refractivity contribution in [2.75, 3.05) is 19.6 Å². The third-order valence-corrected chi connectivity index (χ3v) is 7.32. The van der Waals surface area contributed by atoms with Crippen molar-refractivity contribution in [1.29, 1.82) is 0 Å². The number of halogens is 1. The van der Waals surface area contributed by atoms with Gasteiger partial charge in [-0.1, -0.05) is 26.2 Å². The van der Waals surface area contributed by atoms with Gasteiger partial charge in [-0.25, -0.2) is 9.37 Å². The fourth-order valence-corrected chi connectivity index (χ4v) is 5.23. The molecule has 3 unspecified atom stereocenters. The molecule has 4 rings (SSSR count). The first kappa shape index (κ1) is 22.7. The Labute approximate surface area is 189 Å². The summed E-state index contributed by atoms with van der Waals surface area (Å²) in [5.41, 5.74) is 1.46. The molecular formula is C25H35FN4O2. The number of fused-ring (bicyclic) bond motifs is 1. The van der Waals surface area contributed by atoms with Crippen LogP contribution in [0.4, 0.5) is 4.39 Å². The predicted molar refractivity (Wildman–Crippen MR) is 122 cm³/mol. The van der Waals surface area contributed by atoms with E-state index in [-0.39, 0.29) is 17.7 Å². The van der Waals surface area contributed by atoms with Crippen LogP contribution in [0.25, 0.3) is 5.65 Å². The zero-order valence-electron chi connectivity index (χ0n) is 19.0. The van der Waals surface area contributed by atoms with Crippen LogP contribution in [-0.4, -0.2) is 51.9 Å². The lowest BCUT2D eigenvalue weighted by molar-refractivity contribution is -0.141. The van der Waals surface area contributed by atoms with E-state index in [1.807, 2.05) is 28.5 Å². The van der Waals surface area contributed by atoms with Gasteiger partial charge in [-0.05, 0) is 56.1 Å². The molecule has 6 nitrogen and oxygen atoms in total. The highest BCUT2D eigenvalue weighted by molar-refractivity contribution is 5.94. The van der Waals surface area contributed by atoms with E-state index in [0.717, 1.165) is 63.7 Å². The summed E-state index contributed by atoms with van der Waals surface area (Å²) >= 11 is 0. The van der Waals surface area contributed by atoms with Gasteiger partial charge in [-0.2, -0.15) is 0 Å². The fourth-order valence-electron chi connectivity index (χ4n) is 5.23. The molecule has 0 bridgehead atoms. The molecule has 1 saturated carbocycles. The number of unbranched alkanes of at least 4 members (excludes halogenated alkanes) is 1. The lowest BCUT2D eigenvalue weighted by Gasteiger charge is -2.37. The molecule has 174 valence electrons. The fraction of sp³-hybridized carbons (Fsp3) is 0.640. The monoisotopic (exact) mass is 442 g/mol. The molecule has 2 fully saturated rings. The van der Waals surface area contributed by atoms with Gasteiger partial charge in [0.15, 0.2) is 0 Å². The van der Waals surface area contributed by atoms with Gasteiger partial charge < -0.3 is 14.6 Å². The molecule has 7 heteroatoms. The van der Waals surface area contributed by atoms with Gasteiger partial charge in [0, 0.05) is 38.2 Å². The van der Waals surface area contributed by atoms with Crippen LogP contribution in [-0.2, 0) is 4.79 Å². The SMILES string of the molecule is CC1CCCC(C(=O)N2CCC(CCCCNC(=O)c3ccc4nccn4c3)CC2)C1F. The van der Waals surface area contributed by atoms with E-state index in [1.54, 1.807) is 18.5 Å². The van der Waals surface area contributed by atoms with Gasteiger partial charge in [-0.3, -0.25) is 9.59 Å². The van der Waals surface area contributed by atoms with Crippen molar-refractivity contribution in [1.82, 2.24) is 19.6 Å². The maximum Gasteiger partial charge on any atom is 0.252 e. The third kappa shape index (κ3) is 5.30. The number of amides is 2. The summed E-state index contributed by atoms with van der Waals surface area (Å²) < 4.78 is 16.3. The summed E-state index contributed by atoms with van der Waals surface area (Å²) in [6, 6.07) is 3.64. The van der Waals surface area contributed by atoms with Crippen molar-refractivity contribution >= 4 is 17.5 Å². The van der Waals surface area contributed by atoms with Crippen LogP contribution in [0.5, 0.6) is 0 Å². The molecule has 2 aromatic rings. The number of hydrogen-bond donors (Lipinski definition) is 1. The number of carbonyl (C=O) groups is 2. The largest absolute Gasteiger partial charge is 0.352 e. The minimum Gasteiger partial charge on any atom is -0.352 e. The molecule has 32 heavy (non-hydrogen) atoms. The maximum atomic E-state index is 14.5. The van der Waals surface area contributed by atoms with E-state index in [2.05, 4.69) is 10.3 Å². The number of carbonyl (C=O) groups excluding carboxylic acids is 2. The highest BCUT2D eigenvalue weighted by atomic mass is 19.1. The van der Waals surface area contributed by atoms with E-state index in [0.29, 0.717) is 24.4 Å². The van der Waals surface area contributed by atoms with Gasteiger partial charge >= 0.3 is 0 Å². The summed E-state index contributed by atoms with van der Waals surface area (Å²) in [5, 5.41) is 3.00. The molecule has 3 heterocycles. The standard InChI is InChI=1S/C25H35FN4O2/c1-18-5-4-7-21(23(18)26)25(32)29-14-10-19(11-15-29)6-2-3-12-28-24(31)20-8-9-22-27-13-16-30(22)17-20/h8-9,13,16-19,21,23H,2-7,10-12,14-15H2,1H3,(H,28,31). The number of nitrogens with zero attached hydrogens (tertiary/aromatic N) is 3. The van der Waals surface area contributed by atoms with Crippen molar-refractivity contribution in [2.24, 2.45) is 17.8 Å². The number of hydrogen-bond acceptors (Lipinski definition) is 3. The van der Waals surface area contributed by atoms with Crippen LogP contribution < -0.4 is 5.32 Å². The normalized spacial score (nSPS) is 24.6. The van der Waals surface area contributed by atoms with Crippen molar-refractivity contribution in [3.8, 4) is 0 Å². The minimum atomic E-state index is -0.981. The number of nitrogens with one attached hydrogen (secondary N) is 1. The van der Waals surface area contributed by atoms with Crippen LogP contribution >= 0.6 is 0 Å². The molecule has 0 aromatic carbocycles. The lowest BCUT2D eigenvalue weighted by Crippen LogP contribution is -2.46. The molecule has 0 radical (unpaired) electrons. The average molecular weight is 443 g/mol. The Balaban J connectivity index is 1.12. The lowest BCUT2D eigenvalue weighted by atomic mass is 9.79. The first-order valence-electron chi connectivity index (χ1n) is 12.2. The Morgan fingerprint density at radius 2 is 1.97 bits per heavy atom. The summed E-state index contributed by atoms with van der Waals surface area (Å²) in [6.07, 6.45) is 12.0. The number of imidazole rings is 1. The average Bonchev–Trinajstić information content (AvgIpc) is 3.28. The van der Waals surface area contributed by atoms with Crippen LogP contribution in [0.15, 0.2) is 30.7 Å². The van der Waals surface area contributed by atoms with Gasteiger partial charge in [0.25, 0.3) is 5.91 Å². The molecule has 1 saturated heterocycles. The number of piperidine rings is 1. The second-order valence-electron chi connectivity index (χ2n) is 9.59. The molecule has 1 aliphatic carbocycles. The molecule has 3 atom stereocenters. The van der Waals surface area contributed by atoms with Gasteiger partial charge in [-0.15, -0.1) is 0 Å². The topological polar surface area (TPSA) is 66.7 Å². The highest BCUT2D eigenvalue weighted by Gasteiger charge is 2.38. The molecule has 2 amide bonds. The van der Waals surface area contributed by atoms with Crippen molar-refractivity contribution in [3.63, 3.8) is 0 Å². The third-order valence-electron chi connectivity index (χ3n) is 7.32. The molecule has 0 spiro atoms. The maximum absolute atomic E-state index is 14.5. The zero-order valence-corrected chi connectivity index (χ0v) is 19.0. The van der Waals surface area contributed by atoms with Crippen molar-refractivity contribution in [2.45, 2.75) is 64.5 Å². The molecule has 1 aliphatic heterocycles. The smallest absolute Gasteiger partial charge is 0.252 e. The number of likely N-dealkylation sites (tertiary alicyclic amines) is 1. The molecule has 2 aliphatic rings. The second-order valence-corrected chi connectivity index (χ2v) is 9.59. The Kier molecular flexibility index (Phi) is 7.43. The van der Waals surface area contributed by atoms with E-state index >= 15 is 0 Å². The first-order valence-corrected chi connectivity index (χ1v) is 12.2. The van der Waals surface area contributed by atoms with Gasteiger partial charge in [0.05, 0.1) is 11.5 Å². The molecular weight excluding hydrogens is 407 g/mol. The highest BCUT2D eigenvalue weighted by Crippen LogP contribution is 2.34. The Morgan fingerprint density at radius 3 is 2.78 bits per heavy atom. The Hall–Kier alpha value is -2.44. The summed E-state index contributed by atoms with van der Waals surface area (Å²) in [7, 11) is 0. The first-order chi connectivity index (χ1) is 15.5. The Bertz CT molecular complexity index is 922. The second kappa shape index (κ2) is 10.5. The summed E-state index contributed by atoms with van der Waals surface area (Å²) in [4.78, 5) is 31.2. The quantitative estimate of drug-likeness (QED) is 0.652. The predicted octanol–water partition coefficient (Wildman–Crippen LogP) is 4.25. The van der Waals surface area contributed by atoms with Crippen LogP contribution in [0.1, 0.15) is 68.6 Å². The number of pyridine rings is 1.